The van der Waals surface area contributed by atoms with Gasteiger partial charge in [0.25, 0.3) is 0 Å². The fraction of sp³-hybridized carbons (Fsp3) is 0.700. The lowest BCUT2D eigenvalue weighted by Gasteiger charge is -2.19. The third kappa shape index (κ3) is 1.42. The maximum atomic E-state index is 10.9. The molecule has 0 aliphatic heterocycles. The second-order valence-electron chi connectivity index (χ2n) is 4.63. The van der Waals surface area contributed by atoms with E-state index >= 15 is 0 Å². The molecule has 3 unspecified atom stereocenters. The largest absolute Gasteiger partial charge is 0.476 e. The lowest BCUT2D eigenvalue weighted by Crippen LogP contribution is -2.11. The van der Waals surface area contributed by atoms with Crippen LogP contribution in [0.15, 0.2) is 0 Å². The highest BCUT2D eigenvalue weighted by Crippen LogP contribution is 2.53. The van der Waals surface area contributed by atoms with Crippen molar-refractivity contribution in [3.63, 3.8) is 0 Å². The molecule has 2 aliphatic carbocycles. The quantitative estimate of drug-likeness (QED) is 0.768. The molecule has 5 heteroatoms. The molecule has 1 heterocycles. The molecule has 0 aromatic carbocycles. The van der Waals surface area contributed by atoms with Crippen molar-refractivity contribution in [1.29, 1.82) is 0 Å². The third-order valence-electron chi connectivity index (χ3n) is 3.71. The Kier molecular flexibility index (Phi) is 1.81. The lowest BCUT2D eigenvalue weighted by atomic mass is 9.86. The van der Waals surface area contributed by atoms with Gasteiger partial charge in [0.15, 0.2) is 5.69 Å². The normalized spacial score (nSPS) is 33.5. The minimum absolute atomic E-state index is 0.110. The summed E-state index contributed by atoms with van der Waals surface area (Å²) >= 11 is 0. The van der Waals surface area contributed by atoms with Crippen LogP contribution in [0.2, 0.25) is 0 Å². The molecule has 2 fully saturated rings. The SMILES string of the molecule is O=C(O)c1n[nH]nc1C1CCC2CC2C1. The highest BCUT2D eigenvalue weighted by Gasteiger charge is 2.43. The number of nitrogens with zero attached hydrogens (tertiary/aromatic N) is 2. The van der Waals surface area contributed by atoms with Crippen molar-refractivity contribution in [1.82, 2.24) is 15.4 Å². The predicted octanol–water partition coefficient (Wildman–Crippen LogP) is 1.41. The number of aromatic amines is 1. The molecule has 0 bridgehead atoms. The highest BCUT2D eigenvalue weighted by molar-refractivity contribution is 5.86. The fourth-order valence-corrected chi connectivity index (χ4v) is 2.78. The number of fused-ring (bicyclic) bond motifs is 1. The number of aromatic nitrogens is 3. The Morgan fingerprint density at radius 1 is 1.27 bits per heavy atom. The summed E-state index contributed by atoms with van der Waals surface area (Å²) in [7, 11) is 0. The molecule has 3 atom stereocenters. The van der Waals surface area contributed by atoms with Crippen molar-refractivity contribution in [3.8, 4) is 0 Å². The lowest BCUT2D eigenvalue weighted by molar-refractivity contribution is 0.0688. The number of carbonyl (C=O) groups is 1. The summed E-state index contributed by atoms with van der Waals surface area (Å²) in [5.74, 6) is 1.07. The summed E-state index contributed by atoms with van der Waals surface area (Å²) in [5, 5.41) is 19.1. The average molecular weight is 207 g/mol. The topological polar surface area (TPSA) is 78.9 Å². The number of nitrogens with one attached hydrogen (secondary N) is 1. The molecule has 15 heavy (non-hydrogen) atoms. The second kappa shape index (κ2) is 3.05. The van der Waals surface area contributed by atoms with Crippen LogP contribution in [0, 0.1) is 11.8 Å². The Hall–Kier alpha value is -1.39. The number of H-pyrrole nitrogens is 1. The number of carboxylic acids is 1. The zero-order valence-corrected chi connectivity index (χ0v) is 8.31. The van der Waals surface area contributed by atoms with Crippen LogP contribution in [-0.4, -0.2) is 26.5 Å². The van der Waals surface area contributed by atoms with Crippen LogP contribution in [0.5, 0.6) is 0 Å². The second-order valence-corrected chi connectivity index (χ2v) is 4.63. The first kappa shape index (κ1) is 8.88. The van der Waals surface area contributed by atoms with Gasteiger partial charge in [-0.2, -0.15) is 10.3 Å². The average Bonchev–Trinajstić information content (AvgIpc) is 2.81. The first-order chi connectivity index (χ1) is 7.25. The van der Waals surface area contributed by atoms with Crippen LogP contribution in [0.25, 0.3) is 0 Å². The Labute approximate surface area is 86.9 Å². The molecular weight excluding hydrogens is 194 g/mol. The molecule has 0 saturated heterocycles. The van der Waals surface area contributed by atoms with E-state index in [-0.39, 0.29) is 5.69 Å². The van der Waals surface area contributed by atoms with E-state index in [9.17, 15) is 4.79 Å². The van der Waals surface area contributed by atoms with Gasteiger partial charge in [0.05, 0.1) is 0 Å². The van der Waals surface area contributed by atoms with E-state index < -0.39 is 5.97 Å². The molecule has 2 N–H and O–H groups in total. The summed E-state index contributed by atoms with van der Waals surface area (Å²) in [5.41, 5.74) is 0.770. The molecule has 0 spiro atoms. The summed E-state index contributed by atoms with van der Waals surface area (Å²) in [4.78, 5) is 10.9. The zero-order chi connectivity index (χ0) is 10.4. The maximum Gasteiger partial charge on any atom is 0.358 e. The molecule has 80 valence electrons. The van der Waals surface area contributed by atoms with E-state index in [4.69, 9.17) is 5.11 Å². The summed E-state index contributed by atoms with van der Waals surface area (Å²) < 4.78 is 0. The first-order valence-electron chi connectivity index (χ1n) is 5.39. The van der Waals surface area contributed by atoms with E-state index in [1.54, 1.807) is 0 Å². The number of rotatable bonds is 2. The van der Waals surface area contributed by atoms with Gasteiger partial charge in [-0.3, -0.25) is 0 Å². The molecule has 0 radical (unpaired) electrons. The predicted molar refractivity (Wildman–Crippen MR) is 51.5 cm³/mol. The van der Waals surface area contributed by atoms with E-state index in [0.29, 0.717) is 11.6 Å². The van der Waals surface area contributed by atoms with Gasteiger partial charge in [-0.1, -0.05) is 0 Å². The third-order valence-corrected chi connectivity index (χ3v) is 3.71. The monoisotopic (exact) mass is 207 g/mol. The molecule has 2 saturated carbocycles. The zero-order valence-electron chi connectivity index (χ0n) is 8.31. The molecular formula is C10H13N3O2. The fourth-order valence-electron chi connectivity index (χ4n) is 2.78. The molecule has 1 aromatic rings. The Balaban J connectivity index is 1.85. The highest BCUT2D eigenvalue weighted by atomic mass is 16.4. The van der Waals surface area contributed by atoms with Crippen LogP contribution < -0.4 is 0 Å². The molecule has 5 nitrogen and oxygen atoms in total. The van der Waals surface area contributed by atoms with Gasteiger partial charge in [-0.15, -0.1) is 5.10 Å². The maximum absolute atomic E-state index is 10.9. The van der Waals surface area contributed by atoms with Crippen molar-refractivity contribution < 1.29 is 9.90 Å². The van der Waals surface area contributed by atoms with Crippen LogP contribution in [0.1, 0.15) is 47.8 Å². The van der Waals surface area contributed by atoms with E-state index in [0.717, 1.165) is 24.7 Å². The smallest absolute Gasteiger partial charge is 0.358 e. The molecule has 1 aromatic heterocycles. The molecule has 0 amide bonds. The Morgan fingerprint density at radius 3 is 2.87 bits per heavy atom. The summed E-state index contributed by atoms with van der Waals surface area (Å²) in [6.45, 7) is 0. The van der Waals surface area contributed by atoms with Crippen LogP contribution in [0.3, 0.4) is 0 Å². The van der Waals surface area contributed by atoms with Gasteiger partial charge < -0.3 is 5.11 Å². The summed E-state index contributed by atoms with van der Waals surface area (Å²) in [6, 6.07) is 0. The molecule has 2 aliphatic rings. The van der Waals surface area contributed by atoms with Crippen LogP contribution in [-0.2, 0) is 0 Å². The van der Waals surface area contributed by atoms with Gasteiger partial charge in [0.2, 0.25) is 0 Å². The van der Waals surface area contributed by atoms with E-state index in [1.165, 1.54) is 12.8 Å². The van der Waals surface area contributed by atoms with Gasteiger partial charge >= 0.3 is 5.97 Å². The van der Waals surface area contributed by atoms with Crippen molar-refractivity contribution >= 4 is 5.97 Å². The van der Waals surface area contributed by atoms with Gasteiger partial charge in [0.1, 0.15) is 5.69 Å². The van der Waals surface area contributed by atoms with Crippen molar-refractivity contribution in [3.05, 3.63) is 11.4 Å². The van der Waals surface area contributed by atoms with Gasteiger partial charge in [-0.25, -0.2) is 4.79 Å². The van der Waals surface area contributed by atoms with Crippen LogP contribution >= 0.6 is 0 Å². The number of aromatic carboxylic acids is 1. The number of hydrogen-bond acceptors (Lipinski definition) is 3. The Bertz CT molecular complexity index is 401. The van der Waals surface area contributed by atoms with Gasteiger partial charge in [0, 0.05) is 5.92 Å². The van der Waals surface area contributed by atoms with Crippen molar-refractivity contribution in [2.24, 2.45) is 11.8 Å². The summed E-state index contributed by atoms with van der Waals surface area (Å²) in [6.07, 6.45) is 4.71. The van der Waals surface area contributed by atoms with E-state index in [2.05, 4.69) is 15.4 Å². The number of carboxylic acid groups (broad SMARTS) is 1. The van der Waals surface area contributed by atoms with Crippen molar-refractivity contribution in [2.45, 2.75) is 31.6 Å². The minimum atomic E-state index is -0.975. The first-order valence-corrected chi connectivity index (χ1v) is 5.39. The standard InChI is InChI=1S/C10H13N3O2/c14-10(15)9-8(11-13-12-9)6-2-1-5-3-7(5)4-6/h5-7H,1-4H2,(H,14,15)(H,11,12,13). The Morgan fingerprint density at radius 2 is 2.13 bits per heavy atom. The van der Waals surface area contributed by atoms with E-state index in [1.807, 2.05) is 0 Å². The number of hydrogen-bond donors (Lipinski definition) is 2. The van der Waals surface area contributed by atoms with Gasteiger partial charge in [-0.05, 0) is 37.5 Å². The van der Waals surface area contributed by atoms with Crippen LogP contribution in [0.4, 0.5) is 0 Å². The van der Waals surface area contributed by atoms with Crippen molar-refractivity contribution in [2.75, 3.05) is 0 Å². The minimum Gasteiger partial charge on any atom is -0.476 e. The molecule has 3 rings (SSSR count).